The second-order valence-electron chi connectivity index (χ2n) is 4.84. The number of hydrogen-bond acceptors (Lipinski definition) is 5. The molecule has 1 saturated heterocycles. The van der Waals surface area contributed by atoms with Crippen LogP contribution in [-0.2, 0) is 4.74 Å². The summed E-state index contributed by atoms with van der Waals surface area (Å²) in [5.74, 6) is -0.196. The van der Waals surface area contributed by atoms with Crippen LogP contribution in [0.15, 0.2) is 18.2 Å². The highest BCUT2D eigenvalue weighted by Gasteiger charge is 2.30. The Kier molecular flexibility index (Phi) is 4.74. The van der Waals surface area contributed by atoms with Crippen LogP contribution in [0.1, 0.15) is 23.7 Å². The summed E-state index contributed by atoms with van der Waals surface area (Å²) < 4.78 is 5.39. The van der Waals surface area contributed by atoms with Crippen molar-refractivity contribution in [3.05, 3.63) is 33.9 Å². The lowest BCUT2D eigenvalue weighted by Gasteiger charge is -2.35. The van der Waals surface area contributed by atoms with Gasteiger partial charge in [-0.2, -0.15) is 0 Å². The first-order chi connectivity index (χ1) is 10.1. The van der Waals surface area contributed by atoms with Crippen LogP contribution in [-0.4, -0.2) is 48.6 Å². The molecule has 1 heterocycles. The van der Waals surface area contributed by atoms with Gasteiger partial charge in [0.1, 0.15) is 5.69 Å². The van der Waals surface area contributed by atoms with E-state index in [1.807, 2.05) is 6.92 Å². The van der Waals surface area contributed by atoms with E-state index in [9.17, 15) is 14.9 Å². The third kappa shape index (κ3) is 2.97. The molecule has 1 N–H and O–H groups in total. The maximum absolute atomic E-state index is 12.7. The first kappa shape index (κ1) is 15.2. The highest BCUT2D eigenvalue weighted by Crippen LogP contribution is 2.29. The quantitative estimate of drug-likeness (QED) is 0.677. The second kappa shape index (κ2) is 6.53. The molecule has 1 fully saturated rings. The molecule has 1 aliphatic rings. The molecular formula is C14H19N3O4. The fourth-order valence-corrected chi connectivity index (χ4v) is 2.55. The van der Waals surface area contributed by atoms with Crippen molar-refractivity contribution in [1.29, 1.82) is 0 Å². The number of anilines is 1. The molecule has 1 aliphatic heterocycles. The Balaban J connectivity index is 2.38. The van der Waals surface area contributed by atoms with Crippen molar-refractivity contribution >= 4 is 17.3 Å². The van der Waals surface area contributed by atoms with Gasteiger partial charge in [-0.1, -0.05) is 13.0 Å². The largest absolute Gasteiger partial charge is 0.382 e. The van der Waals surface area contributed by atoms with Gasteiger partial charge in [0, 0.05) is 19.7 Å². The Hall–Kier alpha value is -2.15. The maximum Gasteiger partial charge on any atom is 0.293 e. The first-order valence-electron chi connectivity index (χ1n) is 6.94. The topological polar surface area (TPSA) is 84.7 Å². The highest BCUT2D eigenvalue weighted by atomic mass is 16.6. The summed E-state index contributed by atoms with van der Waals surface area (Å²) >= 11 is 0. The van der Waals surface area contributed by atoms with E-state index in [0.717, 1.165) is 6.42 Å². The van der Waals surface area contributed by atoms with E-state index in [-0.39, 0.29) is 23.3 Å². The zero-order valence-electron chi connectivity index (χ0n) is 12.2. The number of nitrogens with one attached hydrogen (secondary N) is 1. The lowest BCUT2D eigenvalue weighted by atomic mass is 10.1. The predicted molar refractivity (Wildman–Crippen MR) is 78.6 cm³/mol. The number of nitro benzene ring substituents is 1. The molecular weight excluding hydrogens is 274 g/mol. The molecule has 0 spiro atoms. The minimum atomic E-state index is -0.487. The minimum Gasteiger partial charge on any atom is -0.382 e. The highest BCUT2D eigenvalue weighted by molar-refractivity contribution is 6.01. The lowest BCUT2D eigenvalue weighted by molar-refractivity contribution is -0.384. The SMILES string of the molecule is CCC1COCCN1C(=O)c1cccc([N+](=O)[O-])c1NC. The van der Waals surface area contributed by atoms with Crippen LogP contribution >= 0.6 is 0 Å². The number of amides is 1. The molecule has 21 heavy (non-hydrogen) atoms. The molecule has 7 heteroatoms. The average Bonchev–Trinajstić information content (AvgIpc) is 2.53. The smallest absolute Gasteiger partial charge is 0.293 e. The molecule has 0 aromatic heterocycles. The summed E-state index contributed by atoms with van der Waals surface area (Å²) in [7, 11) is 1.58. The van der Waals surface area contributed by atoms with Gasteiger partial charge >= 0.3 is 0 Å². The Bertz CT molecular complexity index is 547. The van der Waals surface area contributed by atoms with Crippen molar-refractivity contribution in [2.75, 3.05) is 32.1 Å². The van der Waals surface area contributed by atoms with Crippen molar-refractivity contribution in [3.63, 3.8) is 0 Å². The van der Waals surface area contributed by atoms with Crippen LogP contribution in [0.4, 0.5) is 11.4 Å². The van der Waals surface area contributed by atoms with E-state index >= 15 is 0 Å². The van der Waals surface area contributed by atoms with E-state index in [1.54, 1.807) is 18.0 Å². The normalized spacial score (nSPS) is 18.4. The Morgan fingerprint density at radius 2 is 2.33 bits per heavy atom. The van der Waals surface area contributed by atoms with Gasteiger partial charge in [0.2, 0.25) is 0 Å². The molecule has 0 radical (unpaired) electrons. The Morgan fingerprint density at radius 3 is 2.95 bits per heavy atom. The zero-order valence-corrected chi connectivity index (χ0v) is 12.2. The van der Waals surface area contributed by atoms with Crippen LogP contribution in [0.25, 0.3) is 0 Å². The van der Waals surface area contributed by atoms with Crippen LogP contribution in [0.2, 0.25) is 0 Å². The molecule has 7 nitrogen and oxygen atoms in total. The molecule has 1 aromatic rings. The maximum atomic E-state index is 12.7. The summed E-state index contributed by atoms with van der Waals surface area (Å²) in [4.78, 5) is 25.1. The van der Waals surface area contributed by atoms with Crippen molar-refractivity contribution in [1.82, 2.24) is 4.90 Å². The van der Waals surface area contributed by atoms with Gasteiger partial charge in [-0.05, 0) is 12.5 Å². The van der Waals surface area contributed by atoms with Gasteiger partial charge < -0.3 is 15.0 Å². The second-order valence-corrected chi connectivity index (χ2v) is 4.84. The van der Waals surface area contributed by atoms with Crippen molar-refractivity contribution in [2.24, 2.45) is 0 Å². The number of para-hydroxylation sites is 1. The van der Waals surface area contributed by atoms with E-state index in [2.05, 4.69) is 5.32 Å². The molecule has 2 rings (SSSR count). The van der Waals surface area contributed by atoms with Gasteiger partial charge in [0.25, 0.3) is 11.6 Å². The summed E-state index contributed by atoms with van der Waals surface area (Å²) in [6.45, 7) is 3.49. The standard InChI is InChI=1S/C14H19N3O4/c1-3-10-9-21-8-7-16(10)14(18)11-5-4-6-12(17(19)20)13(11)15-2/h4-6,10,15H,3,7-9H2,1-2H3. The summed E-state index contributed by atoms with van der Waals surface area (Å²) in [6, 6.07) is 4.55. The number of carbonyl (C=O) groups is 1. The van der Waals surface area contributed by atoms with E-state index in [0.29, 0.717) is 25.3 Å². The number of morpholine rings is 1. The lowest BCUT2D eigenvalue weighted by Crippen LogP contribution is -2.48. The Labute approximate surface area is 123 Å². The zero-order chi connectivity index (χ0) is 15.4. The molecule has 0 saturated carbocycles. The van der Waals surface area contributed by atoms with Crippen molar-refractivity contribution < 1.29 is 14.5 Å². The van der Waals surface area contributed by atoms with Crippen molar-refractivity contribution in [2.45, 2.75) is 19.4 Å². The molecule has 1 unspecified atom stereocenters. The fourth-order valence-electron chi connectivity index (χ4n) is 2.55. The van der Waals surface area contributed by atoms with Gasteiger partial charge in [-0.25, -0.2) is 0 Å². The number of ether oxygens (including phenoxy) is 1. The van der Waals surface area contributed by atoms with Crippen LogP contribution < -0.4 is 5.32 Å². The first-order valence-corrected chi connectivity index (χ1v) is 6.94. The monoisotopic (exact) mass is 293 g/mol. The summed E-state index contributed by atoms with van der Waals surface area (Å²) in [5, 5.41) is 13.9. The number of hydrogen-bond donors (Lipinski definition) is 1. The van der Waals surface area contributed by atoms with Gasteiger partial charge in [0.15, 0.2) is 0 Å². The number of nitrogens with zero attached hydrogens (tertiary/aromatic N) is 2. The number of rotatable bonds is 4. The average molecular weight is 293 g/mol. The van der Waals surface area contributed by atoms with E-state index in [4.69, 9.17) is 4.74 Å². The van der Waals surface area contributed by atoms with Crippen LogP contribution in [0.5, 0.6) is 0 Å². The minimum absolute atomic E-state index is 0.00946. The number of carbonyl (C=O) groups excluding carboxylic acids is 1. The predicted octanol–water partition coefficient (Wildman–Crippen LogP) is 1.89. The molecule has 1 atom stereocenters. The summed E-state index contributed by atoms with van der Waals surface area (Å²) in [6.07, 6.45) is 0.787. The van der Waals surface area contributed by atoms with E-state index in [1.165, 1.54) is 12.1 Å². The van der Waals surface area contributed by atoms with E-state index < -0.39 is 4.92 Å². The fraction of sp³-hybridized carbons (Fsp3) is 0.500. The van der Waals surface area contributed by atoms with Crippen LogP contribution in [0, 0.1) is 10.1 Å². The molecule has 0 aliphatic carbocycles. The molecule has 0 bridgehead atoms. The number of benzene rings is 1. The Morgan fingerprint density at radius 1 is 1.57 bits per heavy atom. The molecule has 114 valence electrons. The van der Waals surface area contributed by atoms with Gasteiger partial charge in [-0.15, -0.1) is 0 Å². The van der Waals surface area contributed by atoms with Gasteiger partial charge in [0.05, 0.1) is 29.7 Å². The third-order valence-electron chi connectivity index (χ3n) is 3.68. The van der Waals surface area contributed by atoms with Crippen LogP contribution in [0.3, 0.4) is 0 Å². The summed E-state index contributed by atoms with van der Waals surface area (Å²) in [5.41, 5.74) is 0.491. The van der Waals surface area contributed by atoms with Crippen molar-refractivity contribution in [3.8, 4) is 0 Å². The third-order valence-corrected chi connectivity index (χ3v) is 3.68. The van der Waals surface area contributed by atoms with Gasteiger partial charge in [-0.3, -0.25) is 14.9 Å². The number of nitro groups is 1. The molecule has 1 aromatic carbocycles. The molecule has 1 amide bonds.